The molecular weight excluding hydrogens is 509 g/mol. The average Bonchev–Trinajstić information content (AvgIpc) is 2.77. The summed E-state index contributed by atoms with van der Waals surface area (Å²) in [4.78, 5) is 12.8. The van der Waals surface area contributed by atoms with E-state index in [-0.39, 0.29) is 9.92 Å². The molecule has 3 rings (SSSR count). The Bertz CT molecular complexity index is 1340. The molecule has 2 N–H and O–H groups in total. The first kappa shape index (κ1) is 27.0. The zero-order valence-electron chi connectivity index (χ0n) is 19.7. The van der Waals surface area contributed by atoms with Crippen LogP contribution >= 0.6 is 23.2 Å². The van der Waals surface area contributed by atoms with E-state index in [1.54, 1.807) is 75.4 Å². The van der Waals surface area contributed by atoms with Crippen molar-refractivity contribution in [3.05, 3.63) is 87.9 Å². The number of benzene rings is 3. The first-order valence-corrected chi connectivity index (χ1v) is 13.4. The molecule has 0 aromatic heterocycles. The van der Waals surface area contributed by atoms with E-state index in [0.29, 0.717) is 27.3 Å². The van der Waals surface area contributed by atoms with Crippen molar-refractivity contribution in [3.8, 4) is 11.1 Å². The summed E-state index contributed by atoms with van der Waals surface area (Å²) in [5, 5.41) is 14.7. The summed E-state index contributed by atoms with van der Waals surface area (Å²) in [5.41, 5.74) is 1.67. The lowest BCUT2D eigenvalue weighted by atomic mass is 9.93. The Kier molecular flexibility index (Phi) is 8.17. The highest BCUT2D eigenvalue weighted by Gasteiger charge is 2.28. The van der Waals surface area contributed by atoms with Gasteiger partial charge in [0.25, 0.3) is 0 Å². The molecule has 186 valence electrons. The van der Waals surface area contributed by atoms with Crippen LogP contribution in [-0.4, -0.2) is 31.5 Å². The Hall–Kier alpha value is -2.58. The summed E-state index contributed by atoms with van der Waals surface area (Å²) >= 11 is 12.3. The van der Waals surface area contributed by atoms with Crippen molar-refractivity contribution >= 4 is 39.1 Å². The van der Waals surface area contributed by atoms with Crippen LogP contribution in [0.4, 0.5) is 4.79 Å². The highest BCUT2D eigenvalue weighted by atomic mass is 35.5. The second kappa shape index (κ2) is 10.6. The van der Waals surface area contributed by atoms with Gasteiger partial charge >= 0.3 is 6.09 Å². The van der Waals surface area contributed by atoms with Crippen LogP contribution in [0.2, 0.25) is 10.0 Å². The van der Waals surface area contributed by atoms with E-state index in [1.165, 1.54) is 6.07 Å². The molecule has 0 saturated carbocycles. The van der Waals surface area contributed by atoms with Gasteiger partial charge in [-0.25, -0.2) is 13.2 Å². The number of ether oxygens (including phenoxy) is 1. The van der Waals surface area contributed by atoms with Gasteiger partial charge in [0.1, 0.15) is 11.7 Å². The summed E-state index contributed by atoms with van der Waals surface area (Å²) in [6.07, 6.45) is -0.737. The Morgan fingerprint density at radius 3 is 2.14 bits per heavy atom. The highest BCUT2D eigenvalue weighted by molar-refractivity contribution is 7.90. The number of hydrogen-bond acceptors (Lipinski definition) is 5. The van der Waals surface area contributed by atoms with Gasteiger partial charge in [0.15, 0.2) is 9.84 Å². The number of hydrogen-bond donors (Lipinski definition) is 2. The van der Waals surface area contributed by atoms with Crippen LogP contribution in [0.1, 0.15) is 44.0 Å². The quantitative estimate of drug-likeness (QED) is 0.382. The molecule has 0 heterocycles. The van der Waals surface area contributed by atoms with Gasteiger partial charge in [0.05, 0.1) is 21.0 Å². The molecule has 6 nitrogen and oxygen atoms in total. The number of sulfone groups is 1. The van der Waals surface area contributed by atoms with Crippen molar-refractivity contribution in [2.24, 2.45) is 0 Å². The molecular formula is C26H27Cl2NO5S. The van der Waals surface area contributed by atoms with E-state index in [0.717, 1.165) is 6.26 Å². The molecule has 0 bridgehead atoms. The molecule has 1 amide bonds. The van der Waals surface area contributed by atoms with Crippen LogP contribution in [-0.2, 0) is 14.6 Å². The summed E-state index contributed by atoms with van der Waals surface area (Å²) in [7, 11) is -3.38. The maximum atomic E-state index is 12.6. The Balaban J connectivity index is 2.00. The number of carbonyl (C=O) groups excluding carboxylic acids is 1. The second-order valence-corrected chi connectivity index (χ2v) is 12.0. The van der Waals surface area contributed by atoms with Crippen molar-refractivity contribution in [1.29, 1.82) is 0 Å². The summed E-state index contributed by atoms with van der Waals surface area (Å²) in [5.74, 6) is 0. The minimum absolute atomic E-state index is 0.196. The second-order valence-electron chi connectivity index (χ2n) is 9.17. The van der Waals surface area contributed by atoms with E-state index in [4.69, 9.17) is 27.9 Å². The standard InChI is InChI=1S/C26H27Cl2NO5S/c1-26(2,3)34-25(31)29-23(18-11-12-21(27)22(28)15-18)24(30)19-9-5-7-16(13-19)17-8-6-10-20(14-17)35(4,32)33/h5-15,23-24,30H,1-4H3,(H,29,31). The summed E-state index contributed by atoms with van der Waals surface area (Å²) in [6, 6.07) is 17.5. The van der Waals surface area contributed by atoms with Gasteiger partial charge in [-0.2, -0.15) is 0 Å². The molecule has 0 spiro atoms. The number of aliphatic hydroxyl groups excluding tert-OH is 1. The van der Waals surface area contributed by atoms with Crippen LogP contribution in [0.3, 0.4) is 0 Å². The molecule has 2 atom stereocenters. The fourth-order valence-corrected chi connectivity index (χ4v) is 4.46. The lowest BCUT2D eigenvalue weighted by molar-refractivity contribution is 0.0419. The molecule has 0 fully saturated rings. The van der Waals surface area contributed by atoms with Gasteiger partial charge in [-0.15, -0.1) is 0 Å². The zero-order chi connectivity index (χ0) is 26.0. The van der Waals surface area contributed by atoms with Crippen LogP contribution in [0, 0.1) is 0 Å². The average molecular weight is 536 g/mol. The van der Waals surface area contributed by atoms with Crippen LogP contribution in [0.15, 0.2) is 71.6 Å². The molecule has 0 aliphatic carbocycles. The molecule has 3 aromatic carbocycles. The molecule has 0 aliphatic heterocycles. The molecule has 0 saturated heterocycles. The number of alkyl carbamates (subject to hydrolysis) is 1. The number of aliphatic hydroxyl groups is 1. The predicted octanol–water partition coefficient (Wildman–Crippen LogP) is 6.36. The summed E-state index contributed by atoms with van der Waals surface area (Å²) < 4.78 is 29.3. The van der Waals surface area contributed by atoms with Crippen LogP contribution < -0.4 is 5.32 Å². The lowest BCUT2D eigenvalue weighted by Crippen LogP contribution is -2.37. The molecule has 3 aromatic rings. The fourth-order valence-electron chi connectivity index (χ4n) is 3.49. The zero-order valence-corrected chi connectivity index (χ0v) is 22.1. The number of halogens is 2. The molecule has 0 aliphatic rings. The van der Waals surface area contributed by atoms with Gasteiger partial charge in [-0.3, -0.25) is 0 Å². The Morgan fingerprint density at radius 2 is 1.54 bits per heavy atom. The van der Waals surface area contributed by atoms with Crippen molar-refractivity contribution < 1.29 is 23.1 Å². The first-order valence-electron chi connectivity index (χ1n) is 10.8. The van der Waals surface area contributed by atoms with Crippen molar-refractivity contribution in [1.82, 2.24) is 5.32 Å². The molecule has 0 radical (unpaired) electrons. The molecule has 2 unspecified atom stereocenters. The van der Waals surface area contributed by atoms with Gasteiger partial charge in [0.2, 0.25) is 0 Å². The minimum atomic E-state index is -3.38. The normalized spacial score (nSPS) is 13.7. The predicted molar refractivity (Wildman–Crippen MR) is 139 cm³/mol. The third kappa shape index (κ3) is 7.21. The van der Waals surface area contributed by atoms with Crippen molar-refractivity contribution in [2.75, 3.05) is 6.26 Å². The SMILES string of the molecule is CC(C)(C)OC(=O)NC(c1ccc(Cl)c(Cl)c1)C(O)c1cccc(-c2cccc(S(C)(=O)=O)c2)c1. The van der Waals surface area contributed by atoms with Crippen molar-refractivity contribution in [2.45, 2.75) is 43.4 Å². The maximum Gasteiger partial charge on any atom is 0.408 e. The number of amides is 1. The van der Waals surface area contributed by atoms with Crippen molar-refractivity contribution in [3.63, 3.8) is 0 Å². The number of carbonyl (C=O) groups is 1. The van der Waals surface area contributed by atoms with E-state index >= 15 is 0 Å². The topological polar surface area (TPSA) is 92.7 Å². The van der Waals surface area contributed by atoms with Gasteiger partial charge in [-0.05, 0) is 73.4 Å². The largest absolute Gasteiger partial charge is 0.444 e. The maximum absolute atomic E-state index is 12.6. The number of rotatable bonds is 6. The third-order valence-electron chi connectivity index (χ3n) is 5.11. The van der Waals surface area contributed by atoms with Crippen LogP contribution in [0.5, 0.6) is 0 Å². The monoisotopic (exact) mass is 535 g/mol. The van der Waals surface area contributed by atoms with E-state index in [1.807, 2.05) is 6.07 Å². The lowest BCUT2D eigenvalue weighted by Gasteiger charge is -2.27. The van der Waals surface area contributed by atoms with Gasteiger partial charge in [0, 0.05) is 6.26 Å². The van der Waals surface area contributed by atoms with Crippen LogP contribution in [0.25, 0.3) is 11.1 Å². The molecule has 35 heavy (non-hydrogen) atoms. The smallest absolute Gasteiger partial charge is 0.408 e. The fraction of sp³-hybridized carbons (Fsp3) is 0.269. The highest BCUT2D eigenvalue weighted by Crippen LogP contribution is 2.34. The van der Waals surface area contributed by atoms with Gasteiger partial charge < -0.3 is 15.2 Å². The number of nitrogens with one attached hydrogen (secondary N) is 1. The Labute approximate surface area is 215 Å². The Morgan fingerprint density at radius 1 is 0.914 bits per heavy atom. The minimum Gasteiger partial charge on any atom is -0.444 e. The van der Waals surface area contributed by atoms with E-state index < -0.39 is 33.7 Å². The van der Waals surface area contributed by atoms with E-state index in [9.17, 15) is 18.3 Å². The molecule has 9 heteroatoms. The van der Waals surface area contributed by atoms with Gasteiger partial charge in [-0.1, -0.05) is 59.6 Å². The van der Waals surface area contributed by atoms with E-state index in [2.05, 4.69) is 5.32 Å². The summed E-state index contributed by atoms with van der Waals surface area (Å²) in [6.45, 7) is 5.22. The third-order valence-corrected chi connectivity index (χ3v) is 6.96. The first-order chi connectivity index (χ1) is 16.2.